The predicted molar refractivity (Wildman–Crippen MR) is 131 cm³/mol. The van der Waals surface area contributed by atoms with Crippen LogP contribution in [0.2, 0.25) is 0 Å². The van der Waals surface area contributed by atoms with Crippen molar-refractivity contribution in [2.24, 2.45) is 46.3 Å². The molecule has 4 aliphatic rings. The van der Waals surface area contributed by atoms with Gasteiger partial charge >= 0.3 is 5.97 Å². The third kappa shape index (κ3) is 4.44. The smallest absolute Gasteiger partial charge is 0.333 e. The lowest BCUT2D eigenvalue weighted by molar-refractivity contribution is -0.172. The second kappa shape index (κ2) is 9.64. The molecule has 4 fully saturated rings. The van der Waals surface area contributed by atoms with Gasteiger partial charge in [-0.15, -0.1) is 0 Å². The molecular formula is C29H48O4. The summed E-state index contributed by atoms with van der Waals surface area (Å²) in [6, 6.07) is 0. The van der Waals surface area contributed by atoms with Gasteiger partial charge in [0.15, 0.2) is 0 Å². The molecule has 33 heavy (non-hydrogen) atoms. The predicted octanol–water partition coefficient (Wildman–Crippen LogP) is 5.90. The van der Waals surface area contributed by atoms with E-state index in [9.17, 15) is 15.0 Å². The molecule has 8 unspecified atom stereocenters. The van der Waals surface area contributed by atoms with Crippen LogP contribution < -0.4 is 0 Å². The summed E-state index contributed by atoms with van der Waals surface area (Å²) in [7, 11) is 0. The zero-order chi connectivity index (χ0) is 24.0. The van der Waals surface area contributed by atoms with Crippen molar-refractivity contribution in [1.82, 2.24) is 0 Å². The highest BCUT2D eigenvalue weighted by atomic mass is 16.5. The molecule has 0 spiro atoms. The van der Waals surface area contributed by atoms with E-state index in [0.29, 0.717) is 29.8 Å². The van der Waals surface area contributed by atoms with Gasteiger partial charge in [0.2, 0.25) is 0 Å². The number of hydrogen-bond acceptors (Lipinski definition) is 4. The molecule has 0 amide bonds. The number of esters is 1. The molecule has 188 valence electrons. The zero-order valence-corrected chi connectivity index (χ0v) is 21.7. The maximum Gasteiger partial charge on any atom is 0.333 e. The van der Waals surface area contributed by atoms with Crippen molar-refractivity contribution in [3.05, 3.63) is 11.6 Å². The maximum absolute atomic E-state index is 11.9. The molecule has 0 bridgehead atoms. The van der Waals surface area contributed by atoms with Gasteiger partial charge in [0.1, 0.15) is 0 Å². The number of ether oxygens (including phenoxy) is 1. The highest BCUT2D eigenvalue weighted by Gasteiger charge is 2.62. The molecule has 0 aromatic carbocycles. The number of aliphatic hydroxyl groups is 2. The standard InChI is InChI=1S/C29H48O4/c1-6-33-27(32)19(3)9-7-8-18(2)22-10-11-23-21-17-26(31)25-16-20(30)12-14-29(25,5)24(21)13-15-28(22,23)4/h9,18,20-26,30-31H,6-8,10-17H2,1-5H3/b19-9+/t18?,20-,21?,22?,23?,24?,25?,26+,28?,29?/m1/s1. The second-order valence-electron chi connectivity index (χ2n) is 12.6. The normalized spacial score (nSPS) is 46.2. The van der Waals surface area contributed by atoms with Crippen molar-refractivity contribution < 1.29 is 19.7 Å². The van der Waals surface area contributed by atoms with Gasteiger partial charge in [-0.2, -0.15) is 0 Å². The number of carbonyl (C=O) groups excluding carboxylic acids is 1. The molecule has 0 aromatic heterocycles. The Morgan fingerprint density at radius 1 is 1.03 bits per heavy atom. The van der Waals surface area contributed by atoms with Crippen molar-refractivity contribution in [2.75, 3.05) is 6.61 Å². The van der Waals surface area contributed by atoms with Gasteiger partial charge in [-0.25, -0.2) is 4.79 Å². The lowest BCUT2D eigenvalue weighted by atomic mass is 9.44. The van der Waals surface area contributed by atoms with Crippen molar-refractivity contribution in [3.63, 3.8) is 0 Å². The second-order valence-corrected chi connectivity index (χ2v) is 12.6. The molecule has 4 aliphatic carbocycles. The molecule has 4 rings (SSSR count). The topological polar surface area (TPSA) is 66.8 Å². The molecule has 2 N–H and O–H groups in total. The third-order valence-corrected chi connectivity index (χ3v) is 11.1. The third-order valence-electron chi connectivity index (χ3n) is 11.1. The van der Waals surface area contributed by atoms with Crippen molar-refractivity contribution in [1.29, 1.82) is 0 Å². The van der Waals surface area contributed by atoms with E-state index < -0.39 is 0 Å². The Morgan fingerprint density at radius 3 is 2.45 bits per heavy atom. The quantitative estimate of drug-likeness (QED) is 0.382. The van der Waals surface area contributed by atoms with Crippen LogP contribution in [0, 0.1) is 46.3 Å². The largest absolute Gasteiger partial charge is 0.463 e. The van der Waals surface area contributed by atoms with Crippen LogP contribution in [0.1, 0.15) is 98.8 Å². The zero-order valence-electron chi connectivity index (χ0n) is 21.7. The van der Waals surface area contributed by atoms with E-state index in [4.69, 9.17) is 4.74 Å². The molecule has 10 atom stereocenters. The first kappa shape index (κ1) is 25.2. The number of allylic oxidation sites excluding steroid dienone is 1. The highest BCUT2D eigenvalue weighted by Crippen LogP contribution is 2.68. The van der Waals surface area contributed by atoms with E-state index in [1.54, 1.807) is 0 Å². The van der Waals surface area contributed by atoms with E-state index in [1.165, 1.54) is 25.7 Å². The number of carbonyl (C=O) groups is 1. The van der Waals surface area contributed by atoms with Gasteiger partial charge in [-0.3, -0.25) is 0 Å². The molecule has 0 aromatic rings. The minimum atomic E-state index is -0.249. The summed E-state index contributed by atoms with van der Waals surface area (Å²) in [5, 5.41) is 21.5. The molecule has 0 heterocycles. The lowest BCUT2D eigenvalue weighted by Gasteiger charge is -2.62. The van der Waals surface area contributed by atoms with Gasteiger partial charge in [-0.1, -0.05) is 26.8 Å². The van der Waals surface area contributed by atoms with E-state index >= 15 is 0 Å². The first-order valence-corrected chi connectivity index (χ1v) is 13.8. The van der Waals surface area contributed by atoms with Crippen LogP contribution in [0.4, 0.5) is 0 Å². The van der Waals surface area contributed by atoms with Gasteiger partial charge in [0.25, 0.3) is 0 Å². The van der Waals surface area contributed by atoms with E-state index in [-0.39, 0.29) is 29.5 Å². The Labute approximate surface area is 201 Å². The van der Waals surface area contributed by atoms with Crippen LogP contribution in [0.15, 0.2) is 11.6 Å². The van der Waals surface area contributed by atoms with E-state index in [1.807, 2.05) is 13.8 Å². The summed E-state index contributed by atoms with van der Waals surface area (Å²) in [5.41, 5.74) is 1.30. The minimum absolute atomic E-state index is 0.186. The van der Waals surface area contributed by atoms with Crippen LogP contribution in [0.25, 0.3) is 0 Å². The number of rotatable bonds is 6. The molecule has 0 saturated heterocycles. The summed E-state index contributed by atoms with van der Waals surface area (Å²) in [4.78, 5) is 11.9. The van der Waals surface area contributed by atoms with Crippen molar-refractivity contribution >= 4 is 5.97 Å². The fourth-order valence-corrected chi connectivity index (χ4v) is 9.35. The Morgan fingerprint density at radius 2 is 1.73 bits per heavy atom. The first-order chi connectivity index (χ1) is 15.6. The van der Waals surface area contributed by atoms with Crippen LogP contribution in [-0.2, 0) is 9.53 Å². The van der Waals surface area contributed by atoms with Crippen LogP contribution >= 0.6 is 0 Å². The number of fused-ring (bicyclic) bond motifs is 5. The lowest BCUT2D eigenvalue weighted by Crippen LogP contribution is -2.58. The Bertz CT molecular complexity index is 746. The Kier molecular flexibility index (Phi) is 7.37. The van der Waals surface area contributed by atoms with E-state index in [0.717, 1.165) is 55.9 Å². The Hall–Kier alpha value is -0.870. The molecule has 4 saturated carbocycles. The van der Waals surface area contributed by atoms with Crippen LogP contribution in [0.3, 0.4) is 0 Å². The summed E-state index contributed by atoms with van der Waals surface area (Å²) in [5.74, 6) is 3.53. The van der Waals surface area contributed by atoms with Gasteiger partial charge < -0.3 is 14.9 Å². The number of aliphatic hydroxyl groups excluding tert-OH is 2. The SMILES string of the molecule is CCOC(=O)/C(C)=C/CCC(C)C1CCC2C3C[C@H](O)C4C[C@H](O)CCC4(C)C3CCC12C. The van der Waals surface area contributed by atoms with Crippen molar-refractivity contribution in [3.8, 4) is 0 Å². The first-order valence-electron chi connectivity index (χ1n) is 13.8. The fraction of sp³-hybridized carbons (Fsp3) is 0.897. The molecule has 0 radical (unpaired) electrons. The summed E-state index contributed by atoms with van der Waals surface area (Å²) in [6.45, 7) is 11.6. The summed E-state index contributed by atoms with van der Waals surface area (Å²) in [6.07, 6.45) is 12.6. The van der Waals surface area contributed by atoms with Gasteiger partial charge in [-0.05, 0) is 124 Å². The van der Waals surface area contributed by atoms with Gasteiger partial charge in [0.05, 0.1) is 18.8 Å². The summed E-state index contributed by atoms with van der Waals surface area (Å²) < 4.78 is 5.12. The van der Waals surface area contributed by atoms with Crippen LogP contribution in [-0.4, -0.2) is 35.0 Å². The van der Waals surface area contributed by atoms with Crippen LogP contribution in [0.5, 0.6) is 0 Å². The van der Waals surface area contributed by atoms with Crippen molar-refractivity contribution in [2.45, 2.75) is 111 Å². The Balaban J connectivity index is 1.43. The molecule has 0 aliphatic heterocycles. The number of hydrogen-bond donors (Lipinski definition) is 2. The van der Waals surface area contributed by atoms with E-state index in [2.05, 4.69) is 26.8 Å². The highest BCUT2D eigenvalue weighted by molar-refractivity contribution is 5.87. The summed E-state index contributed by atoms with van der Waals surface area (Å²) >= 11 is 0. The van der Waals surface area contributed by atoms with Gasteiger partial charge in [0, 0.05) is 5.57 Å². The minimum Gasteiger partial charge on any atom is -0.463 e. The average Bonchev–Trinajstić information content (AvgIpc) is 3.12. The monoisotopic (exact) mass is 460 g/mol. The average molecular weight is 461 g/mol. The molecular weight excluding hydrogens is 412 g/mol. The fourth-order valence-electron chi connectivity index (χ4n) is 9.35. The maximum atomic E-state index is 11.9. The molecule has 4 nitrogen and oxygen atoms in total. The molecule has 4 heteroatoms.